The van der Waals surface area contributed by atoms with Crippen molar-refractivity contribution in [1.29, 1.82) is 5.26 Å². The van der Waals surface area contributed by atoms with Gasteiger partial charge in [0.1, 0.15) is 0 Å². The molecule has 0 amide bonds. The molecule has 0 aromatic heterocycles. The first kappa shape index (κ1) is 12.8. The van der Waals surface area contributed by atoms with Crippen LogP contribution in [0, 0.1) is 23.0 Å². The third-order valence-electron chi connectivity index (χ3n) is 2.81. The minimum atomic E-state index is -0.931. The molecule has 19 heavy (non-hydrogen) atoms. The molecule has 0 heterocycles. The van der Waals surface area contributed by atoms with Crippen LogP contribution in [0.25, 0.3) is 0 Å². The zero-order valence-electron chi connectivity index (χ0n) is 10.2. The fraction of sp³-hybridized carbons (Fsp3) is 0.0714. The lowest BCUT2D eigenvalue weighted by Crippen LogP contribution is -2.12. The summed E-state index contributed by atoms with van der Waals surface area (Å²) in [5.41, 5.74) is 7.73. The SMILES string of the molecule is CN(c1ccc(F)c(F)c1)c1cc(C#N)ccc1N. The first-order chi connectivity index (χ1) is 9.02. The average molecular weight is 259 g/mol. The van der Waals surface area contributed by atoms with Crippen molar-refractivity contribution in [3.05, 3.63) is 53.6 Å². The fourth-order valence-electron chi connectivity index (χ4n) is 1.74. The molecule has 2 aromatic carbocycles. The molecule has 0 spiro atoms. The Morgan fingerprint density at radius 1 is 1.11 bits per heavy atom. The van der Waals surface area contributed by atoms with Gasteiger partial charge < -0.3 is 10.6 Å². The Morgan fingerprint density at radius 3 is 2.47 bits per heavy atom. The highest BCUT2D eigenvalue weighted by molar-refractivity contribution is 5.75. The van der Waals surface area contributed by atoms with Crippen molar-refractivity contribution in [1.82, 2.24) is 0 Å². The van der Waals surface area contributed by atoms with Gasteiger partial charge in [-0.2, -0.15) is 5.26 Å². The Labute approximate surface area is 109 Å². The summed E-state index contributed by atoms with van der Waals surface area (Å²) in [4.78, 5) is 1.60. The molecule has 3 nitrogen and oxygen atoms in total. The maximum atomic E-state index is 13.2. The van der Waals surface area contributed by atoms with Gasteiger partial charge in [-0.3, -0.25) is 0 Å². The molecule has 0 atom stereocenters. The molecular formula is C14H11F2N3. The minimum Gasteiger partial charge on any atom is -0.397 e. The number of benzene rings is 2. The number of rotatable bonds is 2. The second-order valence-corrected chi connectivity index (χ2v) is 4.04. The summed E-state index contributed by atoms with van der Waals surface area (Å²) in [6.07, 6.45) is 0. The van der Waals surface area contributed by atoms with Gasteiger partial charge in [-0.1, -0.05) is 0 Å². The highest BCUT2D eigenvalue weighted by Gasteiger charge is 2.11. The molecule has 0 saturated carbocycles. The summed E-state index contributed by atoms with van der Waals surface area (Å²) in [6, 6.07) is 10.4. The van der Waals surface area contributed by atoms with Crippen LogP contribution in [0.3, 0.4) is 0 Å². The lowest BCUT2D eigenvalue weighted by atomic mass is 10.1. The number of nitriles is 1. The quantitative estimate of drug-likeness (QED) is 0.843. The van der Waals surface area contributed by atoms with Gasteiger partial charge in [0.25, 0.3) is 0 Å². The zero-order chi connectivity index (χ0) is 14.0. The number of anilines is 3. The molecule has 2 N–H and O–H groups in total. The summed E-state index contributed by atoms with van der Waals surface area (Å²) in [7, 11) is 1.67. The van der Waals surface area contributed by atoms with Crippen molar-refractivity contribution in [3.63, 3.8) is 0 Å². The predicted molar refractivity (Wildman–Crippen MR) is 70.0 cm³/mol. The topological polar surface area (TPSA) is 53.0 Å². The first-order valence-corrected chi connectivity index (χ1v) is 5.51. The van der Waals surface area contributed by atoms with Gasteiger partial charge in [0.15, 0.2) is 11.6 Å². The zero-order valence-corrected chi connectivity index (χ0v) is 10.2. The Balaban J connectivity index is 2.46. The van der Waals surface area contributed by atoms with Crippen molar-refractivity contribution in [3.8, 4) is 6.07 Å². The van der Waals surface area contributed by atoms with E-state index in [4.69, 9.17) is 11.0 Å². The van der Waals surface area contributed by atoms with Gasteiger partial charge >= 0.3 is 0 Å². The van der Waals surface area contributed by atoms with Crippen LogP contribution in [0.2, 0.25) is 0 Å². The maximum absolute atomic E-state index is 13.2. The highest BCUT2D eigenvalue weighted by Crippen LogP contribution is 2.30. The largest absolute Gasteiger partial charge is 0.397 e. The van der Waals surface area contributed by atoms with Crippen molar-refractivity contribution < 1.29 is 8.78 Å². The van der Waals surface area contributed by atoms with E-state index in [9.17, 15) is 8.78 Å². The van der Waals surface area contributed by atoms with Crippen molar-refractivity contribution in [2.24, 2.45) is 0 Å². The Morgan fingerprint density at radius 2 is 1.84 bits per heavy atom. The normalized spacial score (nSPS) is 10.0. The Bertz CT molecular complexity index is 662. The highest BCUT2D eigenvalue weighted by atomic mass is 19.2. The van der Waals surface area contributed by atoms with Gasteiger partial charge in [-0.15, -0.1) is 0 Å². The smallest absolute Gasteiger partial charge is 0.160 e. The third-order valence-corrected chi connectivity index (χ3v) is 2.81. The van der Waals surface area contributed by atoms with Gasteiger partial charge in [-0.25, -0.2) is 8.78 Å². The van der Waals surface area contributed by atoms with Crippen molar-refractivity contribution in [2.75, 3.05) is 17.7 Å². The summed E-state index contributed by atoms with van der Waals surface area (Å²) >= 11 is 0. The van der Waals surface area contributed by atoms with Crippen LogP contribution in [0.15, 0.2) is 36.4 Å². The molecule has 0 aliphatic carbocycles. The van der Waals surface area contributed by atoms with E-state index in [-0.39, 0.29) is 0 Å². The molecule has 0 saturated heterocycles. The molecule has 96 valence electrons. The molecular weight excluding hydrogens is 248 g/mol. The summed E-state index contributed by atoms with van der Waals surface area (Å²) in [6.45, 7) is 0. The van der Waals surface area contributed by atoms with Crippen LogP contribution in [0.4, 0.5) is 25.8 Å². The fourth-order valence-corrected chi connectivity index (χ4v) is 1.74. The van der Waals surface area contributed by atoms with Crippen LogP contribution < -0.4 is 10.6 Å². The van der Waals surface area contributed by atoms with E-state index in [0.29, 0.717) is 22.6 Å². The van der Waals surface area contributed by atoms with Crippen LogP contribution in [0.1, 0.15) is 5.56 Å². The van der Waals surface area contributed by atoms with Gasteiger partial charge in [0.05, 0.1) is 23.0 Å². The molecule has 0 aliphatic heterocycles. The van der Waals surface area contributed by atoms with E-state index in [1.54, 1.807) is 30.1 Å². The number of hydrogen-bond acceptors (Lipinski definition) is 3. The molecule has 2 aromatic rings. The molecule has 0 bridgehead atoms. The number of nitrogen functional groups attached to an aromatic ring is 1. The second kappa shape index (κ2) is 4.94. The third kappa shape index (κ3) is 2.47. The lowest BCUT2D eigenvalue weighted by molar-refractivity contribution is 0.509. The van der Waals surface area contributed by atoms with E-state index in [1.165, 1.54) is 6.07 Å². The average Bonchev–Trinajstić information content (AvgIpc) is 2.41. The van der Waals surface area contributed by atoms with Crippen LogP contribution in [0.5, 0.6) is 0 Å². The van der Waals surface area contributed by atoms with E-state index in [1.807, 2.05) is 6.07 Å². The second-order valence-electron chi connectivity index (χ2n) is 4.04. The maximum Gasteiger partial charge on any atom is 0.160 e. The van der Waals surface area contributed by atoms with Crippen molar-refractivity contribution in [2.45, 2.75) is 0 Å². The predicted octanol–water partition coefficient (Wildman–Crippen LogP) is 3.19. The lowest BCUT2D eigenvalue weighted by Gasteiger charge is -2.21. The standard InChI is InChI=1S/C14H11F2N3/c1-19(10-3-4-11(15)12(16)7-10)14-6-9(8-17)2-5-13(14)18/h2-7H,18H2,1H3. The van der Waals surface area contributed by atoms with Crippen LogP contribution >= 0.6 is 0 Å². The Kier molecular flexibility index (Phi) is 3.34. The molecule has 0 aliphatic rings. The number of hydrogen-bond donors (Lipinski definition) is 1. The summed E-state index contributed by atoms with van der Waals surface area (Å²) in [5, 5.41) is 8.87. The number of nitrogens with zero attached hydrogens (tertiary/aromatic N) is 2. The monoisotopic (exact) mass is 259 g/mol. The van der Waals surface area contributed by atoms with Gasteiger partial charge in [0.2, 0.25) is 0 Å². The molecule has 5 heteroatoms. The minimum absolute atomic E-state index is 0.443. The molecule has 0 fully saturated rings. The van der Waals surface area contributed by atoms with Gasteiger partial charge in [-0.05, 0) is 30.3 Å². The van der Waals surface area contributed by atoms with E-state index in [0.717, 1.165) is 12.1 Å². The molecule has 2 rings (SSSR count). The summed E-state index contributed by atoms with van der Waals surface area (Å²) < 4.78 is 26.1. The Hall–Kier alpha value is -2.61. The van der Waals surface area contributed by atoms with Crippen molar-refractivity contribution >= 4 is 17.1 Å². The van der Waals surface area contributed by atoms with E-state index >= 15 is 0 Å². The number of halogens is 2. The summed E-state index contributed by atoms with van der Waals surface area (Å²) in [5.74, 6) is -1.84. The van der Waals surface area contributed by atoms with E-state index < -0.39 is 11.6 Å². The van der Waals surface area contributed by atoms with Gasteiger partial charge in [0, 0.05) is 18.8 Å². The molecule has 0 radical (unpaired) electrons. The molecule has 0 unspecified atom stereocenters. The van der Waals surface area contributed by atoms with Crippen LogP contribution in [-0.2, 0) is 0 Å². The van der Waals surface area contributed by atoms with E-state index in [2.05, 4.69) is 0 Å². The first-order valence-electron chi connectivity index (χ1n) is 5.51. The number of nitrogens with two attached hydrogens (primary N) is 1. The van der Waals surface area contributed by atoms with Crippen LogP contribution in [-0.4, -0.2) is 7.05 Å².